The molecule has 1 amide bonds. The molecule has 3 nitrogen and oxygen atoms in total. The molecule has 1 aliphatic rings. The molecule has 2 atom stereocenters. The van der Waals surface area contributed by atoms with E-state index < -0.39 is 0 Å². The summed E-state index contributed by atoms with van der Waals surface area (Å²) >= 11 is 0. The van der Waals surface area contributed by atoms with Crippen molar-refractivity contribution in [1.82, 2.24) is 5.32 Å². The Bertz CT molecular complexity index is 359. The number of hydrogen-bond donors (Lipinski definition) is 2. The van der Waals surface area contributed by atoms with E-state index in [0.717, 1.165) is 5.56 Å². The summed E-state index contributed by atoms with van der Waals surface area (Å²) in [4.78, 5) is 11.4. The SMILES string of the molecule is C[C@H](N[C@H](C(N)=O)c1ccccc1)C1CC1. The second kappa shape index (κ2) is 4.66. The number of nitrogens with two attached hydrogens (primary N) is 1. The fraction of sp³-hybridized carbons (Fsp3) is 0.462. The Kier molecular flexibility index (Phi) is 3.25. The molecule has 16 heavy (non-hydrogen) atoms. The predicted octanol–water partition coefficient (Wildman–Crippen LogP) is 1.60. The maximum atomic E-state index is 11.4. The molecule has 1 aliphatic carbocycles. The third-order valence-corrected chi connectivity index (χ3v) is 3.18. The van der Waals surface area contributed by atoms with Crippen LogP contribution in [0.5, 0.6) is 0 Å². The van der Waals surface area contributed by atoms with Gasteiger partial charge in [0.05, 0.1) is 0 Å². The molecule has 1 aromatic rings. The number of benzene rings is 1. The molecule has 0 heterocycles. The number of rotatable bonds is 5. The summed E-state index contributed by atoms with van der Waals surface area (Å²) in [5.41, 5.74) is 6.38. The molecular formula is C13H18N2O. The quantitative estimate of drug-likeness (QED) is 0.788. The lowest BCUT2D eigenvalue weighted by Crippen LogP contribution is -2.39. The Labute approximate surface area is 96.0 Å². The van der Waals surface area contributed by atoms with Gasteiger partial charge in [0.25, 0.3) is 0 Å². The summed E-state index contributed by atoms with van der Waals surface area (Å²) in [5, 5.41) is 3.32. The Morgan fingerprint density at radius 1 is 1.38 bits per heavy atom. The van der Waals surface area contributed by atoms with Crippen LogP contribution in [-0.2, 0) is 4.79 Å². The highest BCUT2D eigenvalue weighted by atomic mass is 16.1. The lowest BCUT2D eigenvalue weighted by atomic mass is 10.0. The Morgan fingerprint density at radius 2 is 2.00 bits per heavy atom. The third kappa shape index (κ3) is 2.61. The van der Waals surface area contributed by atoms with Gasteiger partial charge in [-0.1, -0.05) is 30.3 Å². The van der Waals surface area contributed by atoms with Crippen LogP contribution in [0, 0.1) is 5.92 Å². The van der Waals surface area contributed by atoms with Gasteiger partial charge in [0.2, 0.25) is 5.91 Å². The maximum Gasteiger partial charge on any atom is 0.239 e. The molecule has 2 rings (SSSR count). The van der Waals surface area contributed by atoms with Crippen molar-refractivity contribution in [3.63, 3.8) is 0 Å². The minimum absolute atomic E-state index is 0.307. The summed E-state index contributed by atoms with van der Waals surface area (Å²) in [6.07, 6.45) is 2.52. The van der Waals surface area contributed by atoms with Crippen LogP contribution in [0.3, 0.4) is 0 Å². The smallest absolute Gasteiger partial charge is 0.239 e. The van der Waals surface area contributed by atoms with Gasteiger partial charge in [0.1, 0.15) is 6.04 Å². The highest BCUT2D eigenvalue weighted by molar-refractivity contribution is 5.81. The van der Waals surface area contributed by atoms with Crippen molar-refractivity contribution in [2.45, 2.75) is 31.8 Å². The zero-order valence-corrected chi connectivity index (χ0v) is 9.52. The number of carbonyl (C=O) groups is 1. The van der Waals surface area contributed by atoms with Gasteiger partial charge in [-0.15, -0.1) is 0 Å². The van der Waals surface area contributed by atoms with Crippen molar-refractivity contribution in [1.29, 1.82) is 0 Å². The van der Waals surface area contributed by atoms with E-state index in [4.69, 9.17) is 5.73 Å². The summed E-state index contributed by atoms with van der Waals surface area (Å²) < 4.78 is 0. The molecule has 0 spiro atoms. The van der Waals surface area contributed by atoms with Crippen LogP contribution in [-0.4, -0.2) is 11.9 Å². The van der Waals surface area contributed by atoms with E-state index in [2.05, 4.69) is 12.2 Å². The average molecular weight is 218 g/mol. The number of carbonyl (C=O) groups excluding carboxylic acids is 1. The first-order valence-corrected chi connectivity index (χ1v) is 5.79. The molecule has 86 valence electrons. The molecule has 0 aromatic heterocycles. The van der Waals surface area contributed by atoms with E-state index in [1.54, 1.807) is 0 Å². The lowest BCUT2D eigenvalue weighted by molar-refractivity contribution is -0.120. The largest absolute Gasteiger partial charge is 0.368 e. The van der Waals surface area contributed by atoms with Gasteiger partial charge in [0, 0.05) is 6.04 Å². The molecule has 3 N–H and O–H groups in total. The zero-order chi connectivity index (χ0) is 11.5. The van der Waals surface area contributed by atoms with Gasteiger partial charge in [-0.25, -0.2) is 0 Å². The highest BCUT2D eigenvalue weighted by Crippen LogP contribution is 2.33. The molecule has 1 fully saturated rings. The first kappa shape index (κ1) is 11.1. The van der Waals surface area contributed by atoms with E-state index in [1.165, 1.54) is 12.8 Å². The molecule has 0 saturated heterocycles. The average Bonchev–Trinajstić information content (AvgIpc) is 3.10. The van der Waals surface area contributed by atoms with E-state index in [0.29, 0.717) is 12.0 Å². The van der Waals surface area contributed by atoms with E-state index in [1.807, 2.05) is 30.3 Å². The van der Waals surface area contributed by atoms with Gasteiger partial charge in [0.15, 0.2) is 0 Å². The molecule has 1 saturated carbocycles. The van der Waals surface area contributed by atoms with Crippen LogP contribution in [0.4, 0.5) is 0 Å². The monoisotopic (exact) mass is 218 g/mol. The molecular weight excluding hydrogens is 200 g/mol. The third-order valence-electron chi connectivity index (χ3n) is 3.18. The van der Waals surface area contributed by atoms with Gasteiger partial charge in [-0.05, 0) is 31.2 Å². The predicted molar refractivity (Wildman–Crippen MR) is 63.7 cm³/mol. The second-order valence-corrected chi connectivity index (χ2v) is 4.54. The summed E-state index contributed by atoms with van der Waals surface area (Å²) in [7, 11) is 0. The number of amides is 1. The Balaban J connectivity index is 2.08. The number of primary amides is 1. The van der Waals surface area contributed by atoms with Gasteiger partial charge in [-0.2, -0.15) is 0 Å². The Hall–Kier alpha value is -1.35. The summed E-state index contributed by atoms with van der Waals surface area (Å²) in [6, 6.07) is 9.65. The van der Waals surface area contributed by atoms with Gasteiger partial charge in [-0.3, -0.25) is 10.1 Å². The van der Waals surface area contributed by atoms with Gasteiger partial charge < -0.3 is 5.73 Å². The second-order valence-electron chi connectivity index (χ2n) is 4.54. The first-order chi connectivity index (χ1) is 7.68. The molecule has 1 aromatic carbocycles. The van der Waals surface area contributed by atoms with Crippen molar-refractivity contribution >= 4 is 5.91 Å². The van der Waals surface area contributed by atoms with Crippen LogP contribution in [0.15, 0.2) is 30.3 Å². The van der Waals surface area contributed by atoms with Crippen molar-refractivity contribution in [3.8, 4) is 0 Å². The lowest BCUT2D eigenvalue weighted by Gasteiger charge is -2.21. The molecule has 0 radical (unpaired) electrons. The van der Waals surface area contributed by atoms with Crippen LogP contribution in [0.25, 0.3) is 0 Å². The van der Waals surface area contributed by atoms with Crippen molar-refractivity contribution in [3.05, 3.63) is 35.9 Å². The normalized spacial score (nSPS) is 19.1. The molecule has 0 bridgehead atoms. The number of hydrogen-bond acceptors (Lipinski definition) is 2. The van der Waals surface area contributed by atoms with E-state index >= 15 is 0 Å². The topological polar surface area (TPSA) is 55.1 Å². The van der Waals surface area contributed by atoms with Crippen LogP contribution in [0.2, 0.25) is 0 Å². The minimum Gasteiger partial charge on any atom is -0.368 e. The number of nitrogens with one attached hydrogen (secondary N) is 1. The van der Waals surface area contributed by atoms with Crippen LogP contribution >= 0.6 is 0 Å². The fourth-order valence-corrected chi connectivity index (χ4v) is 1.98. The Morgan fingerprint density at radius 3 is 2.50 bits per heavy atom. The summed E-state index contributed by atoms with van der Waals surface area (Å²) in [6.45, 7) is 2.12. The van der Waals surface area contributed by atoms with E-state index in [9.17, 15) is 4.79 Å². The standard InChI is InChI=1S/C13H18N2O/c1-9(10-7-8-10)15-12(13(14)16)11-5-3-2-4-6-11/h2-6,9-10,12,15H,7-8H2,1H3,(H2,14,16)/t9-,12-/m0/s1. The van der Waals surface area contributed by atoms with Gasteiger partial charge >= 0.3 is 0 Å². The highest BCUT2D eigenvalue weighted by Gasteiger charge is 2.30. The van der Waals surface area contributed by atoms with Crippen molar-refractivity contribution < 1.29 is 4.79 Å². The fourth-order valence-electron chi connectivity index (χ4n) is 1.98. The minimum atomic E-state index is -0.364. The molecule has 0 unspecified atom stereocenters. The van der Waals surface area contributed by atoms with E-state index in [-0.39, 0.29) is 11.9 Å². The zero-order valence-electron chi connectivity index (χ0n) is 9.52. The maximum absolute atomic E-state index is 11.4. The first-order valence-electron chi connectivity index (χ1n) is 5.79. The molecule has 0 aliphatic heterocycles. The van der Waals surface area contributed by atoms with Crippen molar-refractivity contribution in [2.24, 2.45) is 11.7 Å². The van der Waals surface area contributed by atoms with Crippen LogP contribution < -0.4 is 11.1 Å². The summed E-state index contributed by atoms with van der Waals surface area (Å²) in [5.74, 6) is 0.407. The molecule has 3 heteroatoms. The van der Waals surface area contributed by atoms with Crippen molar-refractivity contribution in [2.75, 3.05) is 0 Å². The van der Waals surface area contributed by atoms with Crippen LogP contribution in [0.1, 0.15) is 31.4 Å².